The summed E-state index contributed by atoms with van der Waals surface area (Å²) in [6.45, 7) is 3.21. The molecule has 8 heteroatoms. The number of aromatic nitrogens is 3. The van der Waals surface area contributed by atoms with Crippen molar-refractivity contribution >= 4 is 16.6 Å². The summed E-state index contributed by atoms with van der Waals surface area (Å²) < 4.78 is 26.0. The Balaban J connectivity index is 1.51. The number of halogens is 1. The Morgan fingerprint density at radius 1 is 1.09 bits per heavy atom. The normalized spacial score (nSPS) is 20.4. The summed E-state index contributed by atoms with van der Waals surface area (Å²) >= 11 is 0. The van der Waals surface area contributed by atoms with Crippen LogP contribution in [0.4, 0.5) is 10.1 Å². The van der Waals surface area contributed by atoms with Crippen LogP contribution >= 0.6 is 0 Å². The Kier molecular flexibility index (Phi) is 5.39. The molecule has 1 unspecified atom stereocenters. The van der Waals surface area contributed by atoms with Gasteiger partial charge in [0, 0.05) is 60.6 Å². The predicted molar refractivity (Wildman–Crippen MR) is 130 cm³/mol. The van der Waals surface area contributed by atoms with Crippen LogP contribution in [0.15, 0.2) is 55.0 Å². The molecule has 0 radical (unpaired) electrons. The number of anilines is 1. The van der Waals surface area contributed by atoms with Crippen molar-refractivity contribution in [3.63, 3.8) is 0 Å². The predicted octanol–water partition coefficient (Wildman–Crippen LogP) is 4.01. The molecule has 4 aromatic rings. The molecule has 0 amide bonds. The van der Waals surface area contributed by atoms with Crippen LogP contribution in [0, 0.1) is 5.82 Å². The van der Waals surface area contributed by atoms with Gasteiger partial charge in [0.25, 0.3) is 0 Å². The number of pyridine rings is 1. The van der Waals surface area contributed by atoms with Gasteiger partial charge >= 0.3 is 0 Å². The summed E-state index contributed by atoms with van der Waals surface area (Å²) in [7, 11) is 1.55. The summed E-state index contributed by atoms with van der Waals surface area (Å²) in [4.78, 5) is 6.92. The van der Waals surface area contributed by atoms with Crippen LogP contribution in [0.3, 0.4) is 0 Å². The Bertz CT molecular complexity index is 1340. The highest BCUT2D eigenvalue weighted by Gasteiger charge is 2.34. The van der Waals surface area contributed by atoms with Crippen LogP contribution in [0.1, 0.15) is 6.42 Å². The van der Waals surface area contributed by atoms with Gasteiger partial charge in [0.1, 0.15) is 11.6 Å². The molecule has 4 heterocycles. The number of morpholine rings is 1. The number of hydrogen-bond acceptors (Lipinski definition) is 6. The number of nitrogens with zero attached hydrogens (tertiary/aromatic N) is 3. The van der Waals surface area contributed by atoms with Crippen molar-refractivity contribution in [2.75, 3.05) is 38.3 Å². The molecule has 2 aliphatic rings. The summed E-state index contributed by atoms with van der Waals surface area (Å²) in [5, 5.41) is 11.8. The third kappa shape index (κ3) is 3.78. The number of rotatable bonds is 4. The molecule has 0 spiro atoms. The summed E-state index contributed by atoms with van der Waals surface area (Å²) in [6.07, 6.45) is 6.59. The topological polar surface area (TPSA) is 75.3 Å². The van der Waals surface area contributed by atoms with Gasteiger partial charge < -0.3 is 19.7 Å². The first-order chi connectivity index (χ1) is 16.7. The van der Waals surface area contributed by atoms with E-state index in [1.165, 1.54) is 12.1 Å². The molecule has 0 saturated carbocycles. The van der Waals surface area contributed by atoms with E-state index in [9.17, 15) is 4.39 Å². The fourth-order valence-electron chi connectivity index (χ4n) is 5.13. The molecule has 2 aromatic carbocycles. The molecular weight excluding hydrogens is 433 g/mol. The lowest BCUT2D eigenvalue weighted by Gasteiger charge is -2.43. The van der Waals surface area contributed by atoms with E-state index in [4.69, 9.17) is 9.47 Å². The highest BCUT2D eigenvalue weighted by Crippen LogP contribution is 2.42. The fraction of sp³-hybridized carbons (Fsp3) is 0.308. The van der Waals surface area contributed by atoms with Crippen molar-refractivity contribution in [2.45, 2.75) is 18.6 Å². The van der Waals surface area contributed by atoms with Gasteiger partial charge in [0.15, 0.2) is 0 Å². The van der Waals surface area contributed by atoms with Crippen molar-refractivity contribution < 1.29 is 13.9 Å². The van der Waals surface area contributed by atoms with Gasteiger partial charge in [-0.2, -0.15) is 5.10 Å². The maximum atomic E-state index is 14.5. The Morgan fingerprint density at radius 2 is 1.97 bits per heavy atom. The Morgan fingerprint density at radius 3 is 2.85 bits per heavy atom. The number of piperidine rings is 1. The molecule has 6 rings (SSSR count). The number of nitrogens with one attached hydrogen (secondary N) is 2. The number of hydrogen-bond donors (Lipinski definition) is 2. The zero-order chi connectivity index (χ0) is 23.1. The van der Waals surface area contributed by atoms with E-state index < -0.39 is 0 Å². The van der Waals surface area contributed by atoms with E-state index in [1.54, 1.807) is 7.11 Å². The monoisotopic (exact) mass is 459 g/mol. The zero-order valence-electron chi connectivity index (χ0n) is 18.9. The summed E-state index contributed by atoms with van der Waals surface area (Å²) in [5.74, 6) is 0.131. The molecule has 2 saturated heterocycles. The van der Waals surface area contributed by atoms with E-state index >= 15 is 0 Å². The van der Waals surface area contributed by atoms with Crippen LogP contribution in [-0.4, -0.2) is 60.7 Å². The van der Waals surface area contributed by atoms with Crippen LogP contribution in [0.25, 0.3) is 33.2 Å². The second-order valence-corrected chi connectivity index (χ2v) is 8.84. The van der Waals surface area contributed by atoms with Gasteiger partial charge in [-0.15, -0.1) is 0 Å². The molecule has 0 bridgehead atoms. The molecule has 0 aliphatic carbocycles. The van der Waals surface area contributed by atoms with Gasteiger partial charge in [0.05, 0.1) is 37.2 Å². The van der Waals surface area contributed by atoms with E-state index in [1.807, 2.05) is 24.7 Å². The molecule has 2 aromatic heterocycles. The van der Waals surface area contributed by atoms with E-state index in [0.29, 0.717) is 18.4 Å². The van der Waals surface area contributed by atoms with Crippen LogP contribution in [0.5, 0.6) is 5.75 Å². The standard InChI is InChI=1S/C26H26FN5O2/c1-33-20-9-18(8-19(27)11-20)22-14-28-13-21(16-2-3-17-12-30-31-24(17)10-16)26(22)32-6-4-23-25(15-32)34-7-5-29-23/h2-3,8-14,23,25,29H,4-7,15H2,1H3,(H,30,31)/t23-,25?/m1/s1. The van der Waals surface area contributed by atoms with Gasteiger partial charge in [-0.1, -0.05) is 12.1 Å². The first-order valence-corrected chi connectivity index (χ1v) is 11.6. The van der Waals surface area contributed by atoms with Gasteiger partial charge in [-0.05, 0) is 35.7 Å². The minimum atomic E-state index is -0.344. The molecule has 2 aliphatic heterocycles. The second-order valence-electron chi connectivity index (χ2n) is 8.84. The van der Waals surface area contributed by atoms with Crippen molar-refractivity contribution in [2.24, 2.45) is 0 Å². The minimum absolute atomic E-state index is 0.105. The maximum Gasteiger partial charge on any atom is 0.127 e. The lowest BCUT2D eigenvalue weighted by Crippen LogP contribution is -2.57. The molecule has 2 atom stereocenters. The number of benzene rings is 2. The SMILES string of the molecule is COc1cc(F)cc(-c2cncc(-c3ccc4cn[nH]c4c3)c2N2CC[C@H]3NCCOC3C2)c1. The molecular formula is C26H26FN5O2. The Hall–Kier alpha value is -3.49. The maximum absolute atomic E-state index is 14.5. The second kappa shape index (κ2) is 8.70. The fourth-order valence-corrected chi connectivity index (χ4v) is 5.13. The summed E-state index contributed by atoms with van der Waals surface area (Å²) in [6, 6.07) is 11.4. The molecule has 34 heavy (non-hydrogen) atoms. The lowest BCUT2D eigenvalue weighted by atomic mass is 9.94. The van der Waals surface area contributed by atoms with Crippen LogP contribution in [-0.2, 0) is 4.74 Å². The first kappa shape index (κ1) is 21.1. The third-order valence-electron chi connectivity index (χ3n) is 6.80. The highest BCUT2D eigenvalue weighted by atomic mass is 19.1. The highest BCUT2D eigenvalue weighted by molar-refractivity contribution is 5.93. The molecule has 2 N–H and O–H groups in total. The van der Waals surface area contributed by atoms with Crippen LogP contribution in [0.2, 0.25) is 0 Å². The average Bonchev–Trinajstić information content (AvgIpc) is 3.35. The van der Waals surface area contributed by atoms with Crippen molar-refractivity contribution in [1.82, 2.24) is 20.5 Å². The summed E-state index contributed by atoms with van der Waals surface area (Å²) in [5.41, 5.74) is 5.58. The van der Waals surface area contributed by atoms with Gasteiger partial charge in [-0.3, -0.25) is 10.1 Å². The number of methoxy groups -OCH3 is 1. The quantitative estimate of drug-likeness (QED) is 0.480. The van der Waals surface area contributed by atoms with Crippen LogP contribution < -0.4 is 15.0 Å². The number of H-pyrrole nitrogens is 1. The average molecular weight is 460 g/mol. The van der Waals surface area contributed by atoms with Crippen molar-refractivity contribution in [3.05, 3.63) is 60.8 Å². The number of ether oxygens (including phenoxy) is 2. The lowest BCUT2D eigenvalue weighted by molar-refractivity contribution is -0.00899. The zero-order valence-corrected chi connectivity index (χ0v) is 18.9. The van der Waals surface area contributed by atoms with E-state index in [0.717, 1.165) is 64.9 Å². The third-order valence-corrected chi connectivity index (χ3v) is 6.80. The minimum Gasteiger partial charge on any atom is -0.497 e. The van der Waals surface area contributed by atoms with Gasteiger partial charge in [-0.25, -0.2) is 4.39 Å². The van der Waals surface area contributed by atoms with E-state index in [-0.39, 0.29) is 11.9 Å². The molecule has 7 nitrogen and oxygen atoms in total. The van der Waals surface area contributed by atoms with Crippen molar-refractivity contribution in [1.29, 1.82) is 0 Å². The first-order valence-electron chi connectivity index (χ1n) is 11.6. The largest absolute Gasteiger partial charge is 0.497 e. The molecule has 174 valence electrons. The Labute approximate surface area is 196 Å². The molecule has 2 fully saturated rings. The smallest absolute Gasteiger partial charge is 0.127 e. The number of fused-ring (bicyclic) bond motifs is 2. The van der Waals surface area contributed by atoms with Crippen molar-refractivity contribution in [3.8, 4) is 28.0 Å². The number of aromatic amines is 1. The van der Waals surface area contributed by atoms with Gasteiger partial charge in [0.2, 0.25) is 0 Å². The van der Waals surface area contributed by atoms with E-state index in [2.05, 4.69) is 43.6 Å².